The molecule has 1 N–H and O–H groups in total. The van der Waals surface area contributed by atoms with E-state index in [0.717, 1.165) is 22.2 Å². The number of carbonyl (C=O) groups is 3. The van der Waals surface area contributed by atoms with Crippen LogP contribution >= 0.6 is 11.8 Å². The molecule has 11 heteroatoms. The summed E-state index contributed by atoms with van der Waals surface area (Å²) < 4.78 is 36.8. The molecule has 196 valence electrons. The predicted octanol–water partition coefficient (Wildman–Crippen LogP) is 4.84. The average Bonchev–Trinajstić information content (AvgIpc) is 3.12. The van der Waals surface area contributed by atoms with Gasteiger partial charge in [0.15, 0.2) is 0 Å². The van der Waals surface area contributed by atoms with E-state index in [1.54, 1.807) is 24.3 Å². The van der Waals surface area contributed by atoms with Crippen molar-refractivity contribution in [3.8, 4) is 11.5 Å². The Bertz CT molecular complexity index is 1520. The van der Waals surface area contributed by atoms with Gasteiger partial charge in [-0.25, -0.2) is 0 Å². The Labute approximate surface area is 224 Å². The lowest BCUT2D eigenvalue weighted by molar-refractivity contribution is -0.123. The fourth-order valence-corrected chi connectivity index (χ4v) is 5.35. The van der Waals surface area contributed by atoms with E-state index in [-0.39, 0.29) is 34.6 Å². The normalized spacial score (nSPS) is 14.6. The number of hydrogen-bond donors (Lipinski definition) is 1. The van der Waals surface area contributed by atoms with Gasteiger partial charge in [0.2, 0.25) is 5.91 Å². The molecule has 38 heavy (non-hydrogen) atoms. The van der Waals surface area contributed by atoms with Crippen LogP contribution in [-0.4, -0.2) is 43.5 Å². The molecule has 0 saturated carbocycles. The minimum absolute atomic E-state index is 0.00647. The average molecular weight is 553 g/mol. The highest BCUT2D eigenvalue weighted by Gasteiger charge is 2.35. The third kappa shape index (κ3) is 6.61. The van der Waals surface area contributed by atoms with E-state index < -0.39 is 21.3 Å². The number of imide groups is 1. The quantitative estimate of drug-likeness (QED) is 0.296. The second-order valence-electron chi connectivity index (χ2n) is 8.28. The van der Waals surface area contributed by atoms with Gasteiger partial charge in [0.1, 0.15) is 23.0 Å². The van der Waals surface area contributed by atoms with Crippen LogP contribution in [0.2, 0.25) is 0 Å². The first-order chi connectivity index (χ1) is 18.1. The van der Waals surface area contributed by atoms with Crippen LogP contribution in [0.3, 0.4) is 0 Å². The second-order valence-corrected chi connectivity index (χ2v) is 10.8. The Balaban J connectivity index is 1.47. The van der Waals surface area contributed by atoms with Crippen molar-refractivity contribution in [2.75, 3.05) is 18.5 Å². The van der Waals surface area contributed by atoms with Crippen molar-refractivity contribution in [1.29, 1.82) is 0 Å². The Kier molecular flexibility index (Phi) is 8.18. The molecule has 3 aromatic rings. The summed E-state index contributed by atoms with van der Waals surface area (Å²) in [5.41, 5.74) is 1.78. The summed E-state index contributed by atoms with van der Waals surface area (Å²) in [7, 11) is -4.22. The van der Waals surface area contributed by atoms with Crippen LogP contribution in [0.1, 0.15) is 18.1 Å². The zero-order valence-corrected chi connectivity index (χ0v) is 22.2. The molecular weight excluding hydrogens is 528 g/mol. The van der Waals surface area contributed by atoms with Gasteiger partial charge in [-0.1, -0.05) is 30.3 Å². The molecule has 0 unspecified atom stereocenters. The van der Waals surface area contributed by atoms with Crippen molar-refractivity contribution in [3.05, 3.63) is 88.8 Å². The molecule has 3 aromatic carbocycles. The van der Waals surface area contributed by atoms with Gasteiger partial charge < -0.3 is 14.2 Å². The summed E-state index contributed by atoms with van der Waals surface area (Å²) in [6, 6.07) is 19.3. The first-order valence-corrected chi connectivity index (χ1v) is 13.7. The number of amides is 3. The smallest absolute Gasteiger partial charge is 0.339 e. The van der Waals surface area contributed by atoms with Gasteiger partial charge in [-0.15, -0.1) is 0 Å². The largest absolute Gasteiger partial charge is 0.492 e. The molecule has 0 bridgehead atoms. The van der Waals surface area contributed by atoms with E-state index in [4.69, 9.17) is 8.92 Å². The summed E-state index contributed by atoms with van der Waals surface area (Å²) in [6.45, 7) is 3.48. The minimum atomic E-state index is -4.22. The molecule has 0 aliphatic carbocycles. The zero-order valence-electron chi connectivity index (χ0n) is 20.5. The predicted molar refractivity (Wildman–Crippen MR) is 144 cm³/mol. The maximum absolute atomic E-state index is 12.9. The SMILES string of the molecule is CC(=O)Nc1ccc(S(=O)(=O)Oc2ccccc2/C=C2\SC(=O)N(CCOc3cccc(C)c3)C2=O)cc1. The molecule has 1 fully saturated rings. The van der Waals surface area contributed by atoms with Gasteiger partial charge in [0, 0.05) is 18.2 Å². The van der Waals surface area contributed by atoms with Crippen LogP contribution in [0.15, 0.2) is 82.6 Å². The number of benzene rings is 3. The van der Waals surface area contributed by atoms with Crippen LogP contribution in [0.25, 0.3) is 6.08 Å². The molecule has 0 atom stereocenters. The second kappa shape index (κ2) is 11.5. The number of rotatable bonds is 9. The van der Waals surface area contributed by atoms with Gasteiger partial charge in [0.25, 0.3) is 11.1 Å². The van der Waals surface area contributed by atoms with Crippen LogP contribution in [-0.2, 0) is 19.7 Å². The van der Waals surface area contributed by atoms with Gasteiger partial charge in [-0.3, -0.25) is 19.3 Å². The maximum Gasteiger partial charge on any atom is 0.339 e. The molecular formula is C27H24N2O7S2. The Morgan fingerprint density at radius 3 is 2.47 bits per heavy atom. The number of nitrogens with zero attached hydrogens (tertiary/aromatic N) is 1. The van der Waals surface area contributed by atoms with Crippen LogP contribution in [0, 0.1) is 6.92 Å². The highest BCUT2D eigenvalue weighted by Crippen LogP contribution is 2.34. The number of para-hydroxylation sites is 1. The minimum Gasteiger partial charge on any atom is -0.492 e. The third-order valence-corrected chi connectivity index (χ3v) is 7.47. The van der Waals surface area contributed by atoms with Gasteiger partial charge >= 0.3 is 10.1 Å². The topological polar surface area (TPSA) is 119 Å². The van der Waals surface area contributed by atoms with Crippen molar-refractivity contribution >= 4 is 50.7 Å². The van der Waals surface area contributed by atoms with E-state index >= 15 is 0 Å². The molecule has 1 saturated heterocycles. The standard InChI is InChI=1S/C27H24N2O7S2/c1-18-6-5-8-22(16-18)35-15-14-29-26(31)25(37-27(29)32)17-20-7-3-4-9-24(20)36-38(33,34)23-12-10-21(11-13-23)28-19(2)30/h3-13,16-17H,14-15H2,1-2H3,(H,28,30)/b25-17-. The molecule has 0 aromatic heterocycles. The summed E-state index contributed by atoms with van der Waals surface area (Å²) in [5.74, 6) is -0.148. The molecule has 9 nitrogen and oxygen atoms in total. The van der Waals surface area contributed by atoms with E-state index in [1.807, 2.05) is 25.1 Å². The first kappa shape index (κ1) is 27.0. The lowest BCUT2D eigenvalue weighted by atomic mass is 10.2. The summed E-state index contributed by atoms with van der Waals surface area (Å²) >= 11 is 0.758. The van der Waals surface area contributed by atoms with Crippen molar-refractivity contribution in [3.63, 3.8) is 0 Å². The van der Waals surface area contributed by atoms with Crippen molar-refractivity contribution in [1.82, 2.24) is 4.90 Å². The summed E-state index contributed by atoms with van der Waals surface area (Å²) in [4.78, 5) is 37.7. The molecule has 1 aliphatic heterocycles. The van der Waals surface area contributed by atoms with Crippen LogP contribution in [0.5, 0.6) is 11.5 Å². The number of thioether (sulfide) groups is 1. The number of carbonyl (C=O) groups excluding carboxylic acids is 3. The monoisotopic (exact) mass is 552 g/mol. The number of hydrogen-bond acceptors (Lipinski definition) is 8. The number of ether oxygens (including phenoxy) is 1. The highest BCUT2D eigenvalue weighted by atomic mass is 32.2. The summed E-state index contributed by atoms with van der Waals surface area (Å²) in [5, 5.41) is 2.12. The molecule has 1 heterocycles. The Morgan fingerprint density at radius 2 is 1.76 bits per heavy atom. The Morgan fingerprint density at radius 1 is 1.03 bits per heavy atom. The molecule has 4 rings (SSSR count). The van der Waals surface area contributed by atoms with Crippen LogP contribution in [0.4, 0.5) is 10.5 Å². The first-order valence-electron chi connectivity index (χ1n) is 11.5. The van der Waals surface area contributed by atoms with E-state index in [0.29, 0.717) is 17.0 Å². The molecule has 3 amide bonds. The van der Waals surface area contributed by atoms with Crippen LogP contribution < -0.4 is 14.2 Å². The zero-order chi connectivity index (χ0) is 27.3. The van der Waals surface area contributed by atoms with E-state index in [1.165, 1.54) is 43.3 Å². The molecule has 0 radical (unpaired) electrons. The van der Waals surface area contributed by atoms with Crippen molar-refractivity contribution in [2.24, 2.45) is 0 Å². The third-order valence-electron chi connectivity index (χ3n) is 5.32. The fourth-order valence-electron chi connectivity index (χ4n) is 3.54. The van der Waals surface area contributed by atoms with E-state index in [9.17, 15) is 22.8 Å². The molecule has 0 spiro atoms. The number of anilines is 1. The Hall–Kier alpha value is -4.09. The summed E-state index contributed by atoms with van der Waals surface area (Å²) in [6.07, 6.45) is 1.43. The van der Waals surface area contributed by atoms with Crippen molar-refractivity contribution in [2.45, 2.75) is 18.7 Å². The number of nitrogens with one attached hydrogen (secondary N) is 1. The molecule has 1 aliphatic rings. The van der Waals surface area contributed by atoms with Gasteiger partial charge in [-0.05, 0) is 72.8 Å². The maximum atomic E-state index is 12.9. The van der Waals surface area contributed by atoms with Gasteiger partial charge in [0.05, 0.1) is 11.4 Å². The fraction of sp³-hybridized carbons (Fsp3) is 0.148. The van der Waals surface area contributed by atoms with E-state index in [2.05, 4.69) is 5.32 Å². The van der Waals surface area contributed by atoms with Crippen molar-refractivity contribution < 1.29 is 31.7 Å². The highest BCUT2D eigenvalue weighted by molar-refractivity contribution is 8.18. The number of aryl methyl sites for hydroxylation is 1. The lowest BCUT2D eigenvalue weighted by Gasteiger charge is -2.13. The lowest BCUT2D eigenvalue weighted by Crippen LogP contribution is -2.32. The van der Waals surface area contributed by atoms with Gasteiger partial charge in [-0.2, -0.15) is 8.42 Å².